The van der Waals surface area contributed by atoms with Crippen LogP contribution in [0.25, 0.3) is 0 Å². The van der Waals surface area contributed by atoms with Crippen LogP contribution in [0.15, 0.2) is 6.20 Å². The number of halogens is 3. The molecule has 0 saturated carbocycles. The van der Waals surface area contributed by atoms with Gasteiger partial charge in [0.2, 0.25) is 0 Å². The minimum atomic E-state index is -4.67. The third-order valence-corrected chi connectivity index (χ3v) is 4.36. The molecule has 0 radical (unpaired) electrons. The zero-order valence-corrected chi connectivity index (χ0v) is 13.6. The third kappa shape index (κ3) is 4.16. The van der Waals surface area contributed by atoms with Crippen molar-refractivity contribution in [2.75, 3.05) is 12.9 Å². The van der Waals surface area contributed by atoms with Gasteiger partial charge in [0.15, 0.2) is 5.69 Å². The fraction of sp³-hybridized carbons (Fsp3) is 0.692. The van der Waals surface area contributed by atoms with E-state index >= 15 is 0 Å². The van der Waals surface area contributed by atoms with Crippen molar-refractivity contribution in [2.45, 2.75) is 44.3 Å². The highest BCUT2D eigenvalue weighted by Gasteiger charge is 2.40. The van der Waals surface area contributed by atoms with E-state index in [0.29, 0.717) is 0 Å². The standard InChI is InChI=1S/C13H20F3N3O2S/c1-7(2)19-11(13(14,15)16)9(5-17-19)12(21)18-8(3)10(6-20)22-4/h5,7-8,10,20H,6H2,1-4H3,(H,18,21). The molecule has 2 atom stereocenters. The third-order valence-electron chi connectivity index (χ3n) is 3.20. The van der Waals surface area contributed by atoms with Crippen molar-refractivity contribution >= 4 is 17.7 Å². The van der Waals surface area contributed by atoms with Crippen LogP contribution >= 0.6 is 11.8 Å². The number of hydrogen-bond donors (Lipinski definition) is 2. The molecule has 9 heteroatoms. The zero-order valence-electron chi connectivity index (χ0n) is 12.8. The summed E-state index contributed by atoms with van der Waals surface area (Å²) >= 11 is 1.33. The highest BCUT2D eigenvalue weighted by Crippen LogP contribution is 2.33. The van der Waals surface area contributed by atoms with E-state index in [2.05, 4.69) is 10.4 Å². The van der Waals surface area contributed by atoms with E-state index in [-0.39, 0.29) is 11.9 Å². The summed E-state index contributed by atoms with van der Waals surface area (Å²) in [4.78, 5) is 12.1. The lowest BCUT2D eigenvalue weighted by molar-refractivity contribution is -0.145. The van der Waals surface area contributed by atoms with Crippen LogP contribution in [0.3, 0.4) is 0 Å². The van der Waals surface area contributed by atoms with Crippen LogP contribution in [0.2, 0.25) is 0 Å². The summed E-state index contributed by atoms with van der Waals surface area (Å²) < 4.78 is 40.4. The first kappa shape index (κ1) is 18.8. The predicted molar refractivity (Wildman–Crippen MR) is 78.9 cm³/mol. The van der Waals surface area contributed by atoms with Crippen LogP contribution in [0.4, 0.5) is 13.2 Å². The molecule has 126 valence electrons. The van der Waals surface area contributed by atoms with Crippen molar-refractivity contribution in [3.63, 3.8) is 0 Å². The minimum Gasteiger partial charge on any atom is -0.395 e. The number of alkyl halides is 3. The Labute approximate surface area is 131 Å². The summed E-state index contributed by atoms with van der Waals surface area (Å²) in [5, 5.41) is 15.0. The second-order valence-electron chi connectivity index (χ2n) is 5.16. The summed E-state index contributed by atoms with van der Waals surface area (Å²) in [6.07, 6.45) is -1.99. The van der Waals surface area contributed by atoms with Crippen LogP contribution in [-0.2, 0) is 6.18 Å². The monoisotopic (exact) mass is 339 g/mol. The highest BCUT2D eigenvalue weighted by molar-refractivity contribution is 7.99. The Balaban J connectivity index is 3.09. The lowest BCUT2D eigenvalue weighted by Gasteiger charge is -2.21. The molecular formula is C13H20F3N3O2S. The molecule has 1 aromatic rings. The van der Waals surface area contributed by atoms with E-state index in [1.807, 2.05) is 0 Å². The maximum atomic E-state index is 13.2. The van der Waals surface area contributed by atoms with Crippen molar-refractivity contribution in [1.29, 1.82) is 0 Å². The number of amides is 1. The van der Waals surface area contributed by atoms with E-state index in [1.54, 1.807) is 27.0 Å². The molecule has 1 aromatic heterocycles. The Morgan fingerprint density at radius 1 is 1.45 bits per heavy atom. The van der Waals surface area contributed by atoms with Gasteiger partial charge in [0, 0.05) is 17.3 Å². The number of aliphatic hydroxyl groups excluding tert-OH is 1. The van der Waals surface area contributed by atoms with Gasteiger partial charge in [-0.3, -0.25) is 9.48 Å². The van der Waals surface area contributed by atoms with Gasteiger partial charge in [0.1, 0.15) is 0 Å². The number of hydrogen-bond acceptors (Lipinski definition) is 4. The summed E-state index contributed by atoms with van der Waals surface area (Å²) in [5.74, 6) is -0.848. The van der Waals surface area contributed by atoms with Crippen LogP contribution in [0.5, 0.6) is 0 Å². The van der Waals surface area contributed by atoms with E-state index in [4.69, 9.17) is 0 Å². The molecule has 1 heterocycles. The van der Waals surface area contributed by atoms with Gasteiger partial charge in [-0.05, 0) is 27.0 Å². The molecule has 0 aliphatic carbocycles. The normalized spacial score (nSPS) is 15.0. The number of rotatable bonds is 6. The lowest BCUT2D eigenvalue weighted by Crippen LogP contribution is -2.41. The maximum absolute atomic E-state index is 13.2. The molecule has 0 aliphatic rings. The van der Waals surface area contributed by atoms with E-state index in [0.717, 1.165) is 10.9 Å². The fourth-order valence-electron chi connectivity index (χ4n) is 2.02. The molecular weight excluding hydrogens is 319 g/mol. The van der Waals surface area contributed by atoms with Crippen LogP contribution < -0.4 is 5.32 Å². The van der Waals surface area contributed by atoms with Gasteiger partial charge in [-0.2, -0.15) is 30.0 Å². The molecule has 0 bridgehead atoms. The molecule has 2 unspecified atom stereocenters. The number of thioether (sulfide) groups is 1. The Bertz CT molecular complexity index is 513. The first-order valence-corrected chi connectivity index (χ1v) is 8.01. The smallest absolute Gasteiger partial charge is 0.395 e. The summed E-state index contributed by atoms with van der Waals surface area (Å²) in [7, 11) is 0. The molecule has 1 rings (SSSR count). The van der Waals surface area contributed by atoms with Crippen molar-refractivity contribution < 1.29 is 23.1 Å². The van der Waals surface area contributed by atoms with Crippen LogP contribution in [-0.4, -0.2) is 44.9 Å². The van der Waals surface area contributed by atoms with Gasteiger partial charge in [-0.1, -0.05) is 0 Å². The molecule has 0 aliphatic heterocycles. The second kappa shape index (κ2) is 7.36. The number of aromatic nitrogens is 2. The number of nitrogens with zero attached hydrogens (tertiary/aromatic N) is 2. The molecule has 0 aromatic carbocycles. The summed E-state index contributed by atoms with van der Waals surface area (Å²) in [6, 6.07) is -0.997. The van der Waals surface area contributed by atoms with Gasteiger partial charge in [0.25, 0.3) is 5.91 Å². The van der Waals surface area contributed by atoms with Gasteiger partial charge in [-0.25, -0.2) is 0 Å². The largest absolute Gasteiger partial charge is 0.433 e. The SMILES string of the molecule is CSC(CO)C(C)NC(=O)c1cnn(C(C)C)c1C(F)(F)F. The van der Waals surface area contributed by atoms with Crippen molar-refractivity contribution in [1.82, 2.24) is 15.1 Å². The predicted octanol–water partition coefficient (Wildman–Crippen LogP) is 2.33. The van der Waals surface area contributed by atoms with Crippen molar-refractivity contribution in [3.8, 4) is 0 Å². The average Bonchev–Trinajstić information content (AvgIpc) is 2.84. The maximum Gasteiger partial charge on any atom is 0.433 e. The Hall–Kier alpha value is -1.22. The molecule has 2 N–H and O–H groups in total. The van der Waals surface area contributed by atoms with Crippen LogP contribution in [0, 0.1) is 0 Å². The van der Waals surface area contributed by atoms with Crippen molar-refractivity contribution in [2.24, 2.45) is 0 Å². The van der Waals surface area contributed by atoms with E-state index < -0.39 is 35.4 Å². The second-order valence-corrected chi connectivity index (χ2v) is 6.24. The first-order valence-electron chi connectivity index (χ1n) is 6.72. The topological polar surface area (TPSA) is 67.2 Å². The Morgan fingerprint density at radius 3 is 2.45 bits per heavy atom. The highest BCUT2D eigenvalue weighted by atomic mass is 32.2. The first-order chi connectivity index (χ1) is 10.1. The zero-order chi connectivity index (χ0) is 17.1. The number of carbonyl (C=O) groups is 1. The van der Waals surface area contributed by atoms with Gasteiger partial charge < -0.3 is 10.4 Å². The number of nitrogens with one attached hydrogen (secondary N) is 1. The Kier molecular flexibility index (Phi) is 6.30. The van der Waals surface area contributed by atoms with E-state index in [9.17, 15) is 23.1 Å². The quantitative estimate of drug-likeness (QED) is 0.835. The van der Waals surface area contributed by atoms with Gasteiger partial charge in [-0.15, -0.1) is 0 Å². The molecule has 1 amide bonds. The van der Waals surface area contributed by atoms with Gasteiger partial charge in [0.05, 0.1) is 18.4 Å². The molecule has 5 nitrogen and oxygen atoms in total. The Morgan fingerprint density at radius 2 is 2.05 bits per heavy atom. The summed E-state index contributed by atoms with van der Waals surface area (Å²) in [6.45, 7) is 4.57. The molecule has 0 saturated heterocycles. The molecule has 22 heavy (non-hydrogen) atoms. The average molecular weight is 339 g/mol. The lowest BCUT2D eigenvalue weighted by atomic mass is 10.1. The van der Waals surface area contributed by atoms with Crippen LogP contribution in [0.1, 0.15) is 42.9 Å². The van der Waals surface area contributed by atoms with E-state index in [1.165, 1.54) is 11.8 Å². The fourth-order valence-corrected chi connectivity index (χ4v) is 2.64. The molecule has 0 fully saturated rings. The molecule has 0 spiro atoms. The number of aliphatic hydroxyl groups is 1. The number of carbonyl (C=O) groups excluding carboxylic acids is 1. The minimum absolute atomic E-state index is 0.181. The summed E-state index contributed by atoms with van der Waals surface area (Å²) in [5.41, 5.74) is -1.57. The van der Waals surface area contributed by atoms with Crippen molar-refractivity contribution in [3.05, 3.63) is 17.5 Å². The van der Waals surface area contributed by atoms with Gasteiger partial charge >= 0.3 is 6.18 Å².